The molecule has 0 saturated carbocycles. The van der Waals surface area contributed by atoms with Gasteiger partial charge in [-0.2, -0.15) is 0 Å². The fourth-order valence-corrected chi connectivity index (χ4v) is 0.727. The smallest absolute Gasteiger partial charge is 0.0605 e. The van der Waals surface area contributed by atoms with Crippen LogP contribution in [-0.2, 0) is 0 Å². The van der Waals surface area contributed by atoms with Crippen LogP contribution in [0.3, 0.4) is 0 Å². The van der Waals surface area contributed by atoms with Crippen LogP contribution in [0, 0.1) is 0 Å². The summed E-state index contributed by atoms with van der Waals surface area (Å²) >= 11 is 0. The van der Waals surface area contributed by atoms with Crippen molar-refractivity contribution in [3.63, 3.8) is 0 Å². The van der Waals surface area contributed by atoms with E-state index in [1.165, 1.54) is 0 Å². The molecule has 0 aromatic carbocycles. The van der Waals surface area contributed by atoms with Crippen molar-refractivity contribution in [3.8, 4) is 0 Å². The van der Waals surface area contributed by atoms with Gasteiger partial charge in [0.1, 0.15) is 0 Å². The first-order chi connectivity index (χ1) is 6.37. The number of hydrogen-bond donors (Lipinski definition) is 3. The van der Waals surface area contributed by atoms with Gasteiger partial charge in [-0.1, -0.05) is 6.08 Å². The van der Waals surface area contributed by atoms with Crippen molar-refractivity contribution in [2.24, 2.45) is 5.73 Å². The van der Waals surface area contributed by atoms with Gasteiger partial charge in [0.05, 0.1) is 6.61 Å². The Bertz CT molecular complexity index is 165. The molecule has 14 heavy (non-hydrogen) atoms. The molecule has 0 atom stereocenters. The molecule has 4 N–H and O–H groups in total. The third kappa shape index (κ3) is 6.88. The van der Waals surface area contributed by atoms with E-state index in [1.807, 2.05) is 6.20 Å². The summed E-state index contributed by atoms with van der Waals surface area (Å²) in [7, 11) is 0. The maximum absolute atomic E-state index is 8.28. The van der Waals surface area contributed by atoms with Crippen molar-refractivity contribution in [2.75, 3.05) is 13.2 Å². The SMILES string of the molecule is CC(C)(N)CO.CC(C)N1CC=CN1. The standard InChI is InChI=1S/C6H12N2.C4H11NO/c1-6(2)8-5-3-4-7-8;1-4(2,5)3-6/h3-4,6-7H,5H2,1-2H3;6H,3,5H2,1-2H3. The second-order valence-corrected chi connectivity index (χ2v) is 4.42. The Labute approximate surface area is 86.7 Å². The first kappa shape index (κ1) is 13.4. The lowest BCUT2D eigenvalue weighted by Gasteiger charge is -2.19. The highest BCUT2D eigenvalue weighted by Crippen LogP contribution is 1.97. The Balaban J connectivity index is 0.000000255. The average Bonchev–Trinajstić information content (AvgIpc) is 2.56. The normalized spacial score (nSPS) is 16.5. The predicted molar refractivity (Wildman–Crippen MR) is 59.5 cm³/mol. The van der Waals surface area contributed by atoms with Gasteiger partial charge >= 0.3 is 0 Å². The van der Waals surface area contributed by atoms with Crippen LogP contribution in [-0.4, -0.2) is 34.8 Å². The zero-order chi connectivity index (χ0) is 11.2. The number of aliphatic hydroxyl groups excluding tert-OH is 1. The Morgan fingerprint density at radius 3 is 2.21 bits per heavy atom. The highest BCUT2D eigenvalue weighted by Gasteiger charge is 2.07. The molecule has 1 aliphatic rings. The van der Waals surface area contributed by atoms with Gasteiger partial charge in [-0.25, -0.2) is 5.01 Å². The Kier molecular flexibility index (Phi) is 5.76. The summed E-state index contributed by atoms with van der Waals surface area (Å²) in [5, 5.41) is 10.4. The minimum Gasteiger partial charge on any atom is -0.394 e. The molecule has 0 aromatic heterocycles. The van der Waals surface area contributed by atoms with Crippen molar-refractivity contribution >= 4 is 0 Å². The second kappa shape index (κ2) is 6.01. The lowest BCUT2D eigenvalue weighted by atomic mass is 10.1. The van der Waals surface area contributed by atoms with Crippen LogP contribution in [0.1, 0.15) is 27.7 Å². The van der Waals surface area contributed by atoms with Gasteiger partial charge in [-0.05, 0) is 27.7 Å². The molecule has 0 unspecified atom stereocenters. The molecule has 4 nitrogen and oxygen atoms in total. The minimum atomic E-state index is -0.403. The maximum Gasteiger partial charge on any atom is 0.0605 e. The number of hydrazine groups is 1. The molecule has 0 saturated heterocycles. The van der Waals surface area contributed by atoms with Crippen molar-refractivity contribution in [3.05, 3.63) is 12.3 Å². The van der Waals surface area contributed by atoms with E-state index in [2.05, 4.69) is 30.4 Å². The van der Waals surface area contributed by atoms with Crippen LogP contribution >= 0.6 is 0 Å². The van der Waals surface area contributed by atoms with Gasteiger partial charge in [0, 0.05) is 24.3 Å². The third-order valence-electron chi connectivity index (χ3n) is 1.69. The topological polar surface area (TPSA) is 61.5 Å². The van der Waals surface area contributed by atoms with E-state index >= 15 is 0 Å². The Hall–Kier alpha value is -0.580. The Morgan fingerprint density at radius 1 is 1.57 bits per heavy atom. The van der Waals surface area contributed by atoms with Crippen LogP contribution < -0.4 is 11.2 Å². The molecule has 0 radical (unpaired) electrons. The average molecular weight is 201 g/mol. The van der Waals surface area contributed by atoms with Gasteiger partial charge in [-0.3, -0.25) is 0 Å². The number of hydrogen-bond acceptors (Lipinski definition) is 4. The highest BCUT2D eigenvalue weighted by molar-refractivity contribution is 4.89. The molecule has 1 rings (SSSR count). The van der Waals surface area contributed by atoms with E-state index in [4.69, 9.17) is 10.8 Å². The summed E-state index contributed by atoms with van der Waals surface area (Å²) in [4.78, 5) is 0. The fraction of sp³-hybridized carbons (Fsp3) is 0.800. The van der Waals surface area contributed by atoms with Crippen LogP contribution in [0.2, 0.25) is 0 Å². The van der Waals surface area contributed by atoms with E-state index in [9.17, 15) is 0 Å². The van der Waals surface area contributed by atoms with Gasteiger partial charge in [0.15, 0.2) is 0 Å². The van der Waals surface area contributed by atoms with Crippen LogP contribution in [0.25, 0.3) is 0 Å². The van der Waals surface area contributed by atoms with Gasteiger partial charge < -0.3 is 16.3 Å². The summed E-state index contributed by atoms with van der Waals surface area (Å²) < 4.78 is 0. The van der Waals surface area contributed by atoms with E-state index in [0.717, 1.165) is 6.54 Å². The minimum absolute atomic E-state index is 0.0486. The van der Waals surface area contributed by atoms with E-state index in [0.29, 0.717) is 6.04 Å². The first-order valence-electron chi connectivity index (χ1n) is 4.94. The lowest BCUT2D eigenvalue weighted by molar-refractivity contribution is 0.212. The molecule has 0 aliphatic carbocycles. The number of nitrogens with two attached hydrogens (primary N) is 1. The molecule has 4 heteroatoms. The highest BCUT2D eigenvalue weighted by atomic mass is 16.3. The van der Waals surface area contributed by atoms with Crippen LogP contribution in [0.5, 0.6) is 0 Å². The lowest BCUT2D eigenvalue weighted by Crippen LogP contribution is -2.36. The fourth-order valence-electron chi connectivity index (χ4n) is 0.727. The van der Waals surface area contributed by atoms with Gasteiger partial charge in [0.2, 0.25) is 0 Å². The van der Waals surface area contributed by atoms with Crippen molar-refractivity contribution in [1.82, 2.24) is 10.4 Å². The van der Waals surface area contributed by atoms with E-state index < -0.39 is 5.54 Å². The molecule has 0 amide bonds. The number of nitrogens with zero attached hydrogens (tertiary/aromatic N) is 1. The van der Waals surface area contributed by atoms with Crippen LogP contribution in [0.15, 0.2) is 12.3 Å². The zero-order valence-electron chi connectivity index (χ0n) is 9.62. The second-order valence-electron chi connectivity index (χ2n) is 4.42. The summed E-state index contributed by atoms with van der Waals surface area (Å²) in [6.07, 6.45) is 4.08. The predicted octanol–water partition coefficient (Wildman–Crippen LogP) is 0.445. The molecule has 0 aromatic rings. The number of rotatable bonds is 2. The molecule has 0 spiro atoms. The monoisotopic (exact) mass is 201 g/mol. The molecule has 1 aliphatic heterocycles. The zero-order valence-corrected chi connectivity index (χ0v) is 9.62. The van der Waals surface area contributed by atoms with Crippen molar-refractivity contribution in [2.45, 2.75) is 39.3 Å². The maximum atomic E-state index is 8.28. The van der Waals surface area contributed by atoms with Gasteiger partial charge in [-0.15, -0.1) is 0 Å². The number of nitrogens with one attached hydrogen (secondary N) is 1. The molecule has 0 bridgehead atoms. The van der Waals surface area contributed by atoms with E-state index in [1.54, 1.807) is 13.8 Å². The molecule has 0 fully saturated rings. The first-order valence-corrected chi connectivity index (χ1v) is 4.94. The summed E-state index contributed by atoms with van der Waals surface area (Å²) in [6.45, 7) is 8.96. The molecule has 84 valence electrons. The summed E-state index contributed by atoms with van der Waals surface area (Å²) in [5.41, 5.74) is 7.99. The third-order valence-corrected chi connectivity index (χ3v) is 1.69. The number of aliphatic hydroxyl groups is 1. The van der Waals surface area contributed by atoms with Crippen molar-refractivity contribution < 1.29 is 5.11 Å². The van der Waals surface area contributed by atoms with Crippen molar-refractivity contribution in [1.29, 1.82) is 0 Å². The quantitative estimate of drug-likeness (QED) is 0.607. The van der Waals surface area contributed by atoms with Gasteiger partial charge in [0.25, 0.3) is 0 Å². The summed E-state index contributed by atoms with van der Waals surface area (Å²) in [6, 6.07) is 0.602. The Morgan fingerprint density at radius 2 is 2.07 bits per heavy atom. The molecular weight excluding hydrogens is 178 g/mol. The summed E-state index contributed by atoms with van der Waals surface area (Å²) in [5.74, 6) is 0. The molecular formula is C10H23N3O. The molecule has 1 heterocycles. The van der Waals surface area contributed by atoms with Crippen LogP contribution in [0.4, 0.5) is 0 Å². The van der Waals surface area contributed by atoms with E-state index in [-0.39, 0.29) is 6.61 Å². The largest absolute Gasteiger partial charge is 0.394 e.